The number of benzene rings is 1. The Morgan fingerprint density at radius 1 is 1.14 bits per heavy atom. The van der Waals surface area contributed by atoms with E-state index in [2.05, 4.69) is 25.3 Å². The Balaban J connectivity index is 1.85. The number of halogens is 3. The molecule has 0 saturated heterocycles. The Morgan fingerprint density at radius 3 is 2.66 bits per heavy atom. The molecular weight excluding hydrogens is 379 g/mol. The first-order valence-electron chi connectivity index (χ1n) is 9.18. The Bertz CT molecular complexity index is 1130. The van der Waals surface area contributed by atoms with Crippen LogP contribution in [0.2, 0.25) is 0 Å². The zero-order valence-electron chi connectivity index (χ0n) is 15.8. The van der Waals surface area contributed by atoms with Crippen molar-refractivity contribution in [2.45, 2.75) is 32.5 Å². The number of aliphatic imine (C=N–C) groups is 2. The number of aromatic nitrogens is 2. The van der Waals surface area contributed by atoms with Gasteiger partial charge in [0, 0.05) is 22.9 Å². The van der Waals surface area contributed by atoms with Gasteiger partial charge in [0.25, 0.3) is 0 Å². The summed E-state index contributed by atoms with van der Waals surface area (Å²) in [5.41, 5.74) is 1.44. The van der Waals surface area contributed by atoms with Gasteiger partial charge in [0.1, 0.15) is 0 Å². The van der Waals surface area contributed by atoms with Gasteiger partial charge in [-0.15, -0.1) is 0 Å². The van der Waals surface area contributed by atoms with Crippen molar-refractivity contribution in [3.63, 3.8) is 0 Å². The number of hydrogen-bond acceptors (Lipinski definition) is 5. The minimum absolute atomic E-state index is 0.00767. The van der Waals surface area contributed by atoms with E-state index < -0.39 is 11.7 Å². The molecule has 148 valence electrons. The molecule has 1 aromatic carbocycles. The summed E-state index contributed by atoms with van der Waals surface area (Å²) in [4.78, 5) is 17.5. The SMILES string of the molecule is CCC1N=C(Nc2cc(-c3ccccc3C(F)(F)F)nc3cnccc23)N=C1C. The lowest BCUT2D eigenvalue weighted by atomic mass is 10.0. The fourth-order valence-electron chi connectivity index (χ4n) is 3.35. The van der Waals surface area contributed by atoms with E-state index in [1.807, 2.05) is 13.8 Å². The van der Waals surface area contributed by atoms with Crippen molar-refractivity contribution >= 4 is 28.3 Å². The quantitative estimate of drug-likeness (QED) is 0.649. The molecule has 29 heavy (non-hydrogen) atoms. The van der Waals surface area contributed by atoms with Crippen molar-refractivity contribution in [3.05, 3.63) is 54.4 Å². The van der Waals surface area contributed by atoms with Crippen LogP contribution in [0.5, 0.6) is 0 Å². The number of hydrogen-bond donors (Lipinski definition) is 1. The first kappa shape index (κ1) is 19.0. The molecule has 1 aliphatic rings. The maximum atomic E-state index is 13.5. The van der Waals surface area contributed by atoms with Crippen molar-refractivity contribution in [1.29, 1.82) is 0 Å². The molecule has 3 aromatic rings. The van der Waals surface area contributed by atoms with Crippen LogP contribution in [-0.4, -0.2) is 27.7 Å². The van der Waals surface area contributed by atoms with Crippen molar-refractivity contribution in [2.75, 3.05) is 5.32 Å². The number of nitrogens with one attached hydrogen (secondary N) is 1. The molecular formula is C21H18F3N5. The lowest BCUT2D eigenvalue weighted by Crippen LogP contribution is -2.10. The fraction of sp³-hybridized carbons (Fsp3) is 0.238. The third-order valence-corrected chi connectivity index (χ3v) is 4.80. The topological polar surface area (TPSA) is 62.5 Å². The lowest BCUT2D eigenvalue weighted by molar-refractivity contribution is -0.137. The molecule has 0 fully saturated rings. The molecule has 1 N–H and O–H groups in total. The van der Waals surface area contributed by atoms with Gasteiger partial charge in [0.2, 0.25) is 5.96 Å². The Labute approximate surface area is 165 Å². The molecule has 0 radical (unpaired) electrons. The molecule has 8 heteroatoms. The summed E-state index contributed by atoms with van der Waals surface area (Å²) < 4.78 is 40.5. The van der Waals surface area contributed by atoms with E-state index in [1.54, 1.807) is 24.4 Å². The highest BCUT2D eigenvalue weighted by Gasteiger charge is 2.33. The third-order valence-electron chi connectivity index (χ3n) is 4.80. The van der Waals surface area contributed by atoms with Crippen LogP contribution in [0.15, 0.2) is 58.8 Å². The van der Waals surface area contributed by atoms with Crippen LogP contribution in [0, 0.1) is 0 Å². The molecule has 1 aliphatic heterocycles. The van der Waals surface area contributed by atoms with Gasteiger partial charge in [-0.05, 0) is 31.5 Å². The number of guanidine groups is 1. The highest BCUT2D eigenvalue weighted by molar-refractivity contribution is 6.11. The summed E-state index contributed by atoms with van der Waals surface area (Å²) in [7, 11) is 0. The zero-order chi connectivity index (χ0) is 20.6. The minimum atomic E-state index is -4.49. The number of fused-ring (bicyclic) bond motifs is 1. The van der Waals surface area contributed by atoms with E-state index in [1.165, 1.54) is 18.3 Å². The molecule has 1 atom stereocenters. The maximum absolute atomic E-state index is 13.5. The summed E-state index contributed by atoms with van der Waals surface area (Å²) in [5, 5.41) is 3.89. The van der Waals surface area contributed by atoms with E-state index in [0.29, 0.717) is 17.2 Å². The van der Waals surface area contributed by atoms with E-state index in [4.69, 9.17) is 0 Å². The molecule has 0 aliphatic carbocycles. The van der Waals surface area contributed by atoms with Gasteiger partial charge in [-0.3, -0.25) is 4.98 Å². The summed E-state index contributed by atoms with van der Waals surface area (Å²) >= 11 is 0. The number of nitrogens with zero attached hydrogens (tertiary/aromatic N) is 4. The highest BCUT2D eigenvalue weighted by Crippen LogP contribution is 2.38. The van der Waals surface area contributed by atoms with Crippen molar-refractivity contribution < 1.29 is 13.2 Å². The first-order chi connectivity index (χ1) is 13.9. The average molecular weight is 397 g/mol. The van der Waals surface area contributed by atoms with Gasteiger partial charge in [-0.1, -0.05) is 25.1 Å². The summed E-state index contributed by atoms with van der Waals surface area (Å²) in [6, 6.07) is 8.76. The number of pyridine rings is 2. The van der Waals surface area contributed by atoms with Crippen LogP contribution in [-0.2, 0) is 6.18 Å². The molecule has 0 saturated carbocycles. The summed E-state index contributed by atoms with van der Waals surface area (Å²) in [5.74, 6) is 0.439. The van der Waals surface area contributed by atoms with Gasteiger partial charge in [-0.25, -0.2) is 15.0 Å². The maximum Gasteiger partial charge on any atom is 0.417 e. The second kappa shape index (κ2) is 7.27. The van der Waals surface area contributed by atoms with Crippen molar-refractivity contribution in [3.8, 4) is 11.3 Å². The predicted octanol–water partition coefficient (Wildman–Crippen LogP) is 5.34. The van der Waals surface area contributed by atoms with E-state index >= 15 is 0 Å². The molecule has 0 amide bonds. The minimum Gasteiger partial charge on any atom is -0.324 e. The number of alkyl halides is 3. The van der Waals surface area contributed by atoms with Crippen LogP contribution in [0.25, 0.3) is 22.2 Å². The summed E-state index contributed by atoms with van der Waals surface area (Å²) in [6.45, 7) is 3.93. The predicted molar refractivity (Wildman–Crippen MR) is 108 cm³/mol. The Kier molecular flexibility index (Phi) is 4.77. The molecule has 3 heterocycles. The normalized spacial score (nSPS) is 16.7. The molecule has 2 aromatic heterocycles. The van der Waals surface area contributed by atoms with Crippen LogP contribution in [0.4, 0.5) is 18.9 Å². The number of anilines is 1. The average Bonchev–Trinajstić information content (AvgIpc) is 3.06. The standard InChI is InChI=1S/C21H18F3N5/c1-3-16-12(2)26-20(28-16)29-18-10-17(27-19-11-25-9-8-14(18)19)13-6-4-5-7-15(13)21(22,23)24/h4-11,16H,3H2,1-2H3,(H,27,28,29). The lowest BCUT2D eigenvalue weighted by Gasteiger charge is -2.15. The highest BCUT2D eigenvalue weighted by atomic mass is 19.4. The van der Waals surface area contributed by atoms with Crippen LogP contribution < -0.4 is 5.32 Å². The Hall–Kier alpha value is -3.29. The van der Waals surface area contributed by atoms with E-state index in [9.17, 15) is 13.2 Å². The first-order valence-corrected chi connectivity index (χ1v) is 9.18. The van der Waals surface area contributed by atoms with E-state index in [0.717, 1.165) is 23.6 Å². The van der Waals surface area contributed by atoms with Gasteiger partial charge in [-0.2, -0.15) is 13.2 Å². The monoisotopic (exact) mass is 397 g/mol. The largest absolute Gasteiger partial charge is 0.417 e. The molecule has 0 bridgehead atoms. The van der Waals surface area contributed by atoms with Gasteiger partial charge in [0.05, 0.1) is 34.7 Å². The van der Waals surface area contributed by atoms with Crippen LogP contribution in [0.3, 0.4) is 0 Å². The number of rotatable bonds is 3. The fourth-order valence-corrected chi connectivity index (χ4v) is 3.35. The smallest absolute Gasteiger partial charge is 0.324 e. The molecule has 4 rings (SSSR count). The van der Waals surface area contributed by atoms with Crippen molar-refractivity contribution in [1.82, 2.24) is 9.97 Å². The Morgan fingerprint density at radius 2 is 1.93 bits per heavy atom. The van der Waals surface area contributed by atoms with Crippen molar-refractivity contribution in [2.24, 2.45) is 9.98 Å². The van der Waals surface area contributed by atoms with Gasteiger partial charge < -0.3 is 5.32 Å². The molecule has 1 unspecified atom stereocenters. The van der Waals surface area contributed by atoms with Gasteiger partial charge in [0.15, 0.2) is 0 Å². The summed E-state index contributed by atoms with van der Waals surface area (Å²) in [6.07, 6.45) is -0.523. The van der Waals surface area contributed by atoms with E-state index in [-0.39, 0.29) is 17.3 Å². The second-order valence-electron chi connectivity index (χ2n) is 6.75. The second-order valence-corrected chi connectivity index (χ2v) is 6.75. The molecule has 0 spiro atoms. The molecule has 5 nitrogen and oxygen atoms in total. The van der Waals surface area contributed by atoms with Crippen LogP contribution >= 0.6 is 0 Å². The zero-order valence-corrected chi connectivity index (χ0v) is 15.8. The third kappa shape index (κ3) is 3.70. The van der Waals surface area contributed by atoms with Gasteiger partial charge >= 0.3 is 6.18 Å². The van der Waals surface area contributed by atoms with Crippen LogP contribution in [0.1, 0.15) is 25.8 Å².